The van der Waals surface area contributed by atoms with E-state index < -0.39 is 0 Å². The van der Waals surface area contributed by atoms with Crippen molar-refractivity contribution in [2.45, 2.75) is 46.4 Å². The van der Waals surface area contributed by atoms with Gasteiger partial charge in [-0.2, -0.15) is 0 Å². The summed E-state index contributed by atoms with van der Waals surface area (Å²) in [6.07, 6.45) is 1.99. The Balaban J connectivity index is 3.25. The molecular weight excluding hydrogens is 331 g/mol. The van der Waals surface area contributed by atoms with Crippen molar-refractivity contribution >= 4 is 39.1 Å². The molecule has 0 atom stereocenters. The summed E-state index contributed by atoms with van der Waals surface area (Å²) in [5.74, 6) is 1.71. The van der Waals surface area contributed by atoms with E-state index in [2.05, 4.69) is 49.7 Å². The summed E-state index contributed by atoms with van der Waals surface area (Å²) in [6, 6.07) is 2.21. The molecule has 0 saturated carbocycles. The van der Waals surface area contributed by atoms with Gasteiger partial charge in [-0.25, -0.2) is 0 Å². The predicted octanol–water partition coefficient (Wildman–Crippen LogP) is 6.24. The molecule has 0 aliphatic carbocycles. The Morgan fingerprint density at radius 1 is 1.06 bits per heavy atom. The lowest BCUT2D eigenvalue weighted by Gasteiger charge is -2.17. The average molecular weight is 352 g/mol. The minimum atomic E-state index is 0.528. The molecule has 1 aromatic rings. The van der Waals surface area contributed by atoms with Crippen LogP contribution in [-0.2, 0) is 18.7 Å². The topological polar surface area (TPSA) is 0 Å². The van der Waals surface area contributed by atoms with Gasteiger partial charge < -0.3 is 0 Å². The molecule has 0 unspecified atom stereocenters. The molecule has 102 valence electrons. The first kappa shape index (κ1) is 16.3. The lowest BCUT2D eigenvalue weighted by molar-refractivity contribution is 0.636. The van der Waals surface area contributed by atoms with E-state index in [9.17, 15) is 0 Å². The van der Waals surface area contributed by atoms with Crippen molar-refractivity contribution in [1.82, 2.24) is 0 Å². The van der Waals surface area contributed by atoms with Crippen molar-refractivity contribution in [2.24, 2.45) is 11.8 Å². The van der Waals surface area contributed by atoms with Gasteiger partial charge in [0.1, 0.15) is 0 Å². The van der Waals surface area contributed by atoms with Crippen LogP contribution < -0.4 is 0 Å². The number of halogens is 3. The molecule has 0 aromatic heterocycles. The summed E-state index contributed by atoms with van der Waals surface area (Å²) in [5.41, 5.74) is 3.63. The van der Waals surface area contributed by atoms with Crippen LogP contribution in [0.3, 0.4) is 0 Å². The fraction of sp³-hybridized carbons (Fsp3) is 0.600. The van der Waals surface area contributed by atoms with Gasteiger partial charge in [-0.05, 0) is 57.3 Å². The van der Waals surface area contributed by atoms with Crippen LogP contribution in [0, 0.1) is 11.8 Å². The van der Waals surface area contributed by atoms with Crippen LogP contribution in [0.25, 0.3) is 0 Å². The SMILES string of the molecule is CC(C)Cc1cc(CCl)c(CC(C)C)c(Cl)c1Br. The van der Waals surface area contributed by atoms with Crippen LogP contribution in [0.4, 0.5) is 0 Å². The predicted molar refractivity (Wildman–Crippen MR) is 85.8 cm³/mol. The summed E-state index contributed by atoms with van der Waals surface area (Å²) in [7, 11) is 0. The normalized spacial score (nSPS) is 11.6. The second kappa shape index (κ2) is 7.17. The molecule has 3 heteroatoms. The number of hydrogen-bond donors (Lipinski definition) is 0. The molecule has 0 bridgehead atoms. The van der Waals surface area contributed by atoms with Crippen LogP contribution in [-0.4, -0.2) is 0 Å². The third-order valence-electron chi connectivity index (χ3n) is 2.86. The highest BCUT2D eigenvalue weighted by atomic mass is 79.9. The van der Waals surface area contributed by atoms with Crippen molar-refractivity contribution < 1.29 is 0 Å². The minimum Gasteiger partial charge on any atom is -0.122 e. The van der Waals surface area contributed by atoms with Gasteiger partial charge in [0, 0.05) is 10.4 Å². The van der Waals surface area contributed by atoms with E-state index in [0.29, 0.717) is 17.7 Å². The first-order valence-electron chi connectivity index (χ1n) is 6.41. The molecule has 0 nitrogen and oxygen atoms in total. The highest BCUT2D eigenvalue weighted by molar-refractivity contribution is 9.10. The molecule has 0 saturated heterocycles. The van der Waals surface area contributed by atoms with Crippen molar-refractivity contribution in [3.63, 3.8) is 0 Å². The lowest BCUT2D eigenvalue weighted by atomic mass is 9.94. The zero-order valence-corrected chi connectivity index (χ0v) is 14.6. The van der Waals surface area contributed by atoms with E-state index in [-0.39, 0.29) is 0 Å². The molecule has 0 aliphatic heterocycles. The zero-order chi connectivity index (χ0) is 13.9. The van der Waals surface area contributed by atoms with Crippen molar-refractivity contribution in [3.8, 4) is 0 Å². The van der Waals surface area contributed by atoms with Crippen LogP contribution in [0.5, 0.6) is 0 Å². The molecule has 18 heavy (non-hydrogen) atoms. The molecule has 0 spiro atoms. The molecule has 1 rings (SSSR count). The fourth-order valence-corrected chi connectivity index (χ4v) is 3.19. The van der Waals surface area contributed by atoms with Gasteiger partial charge in [0.15, 0.2) is 0 Å². The minimum absolute atomic E-state index is 0.528. The van der Waals surface area contributed by atoms with Gasteiger partial charge in [0.05, 0.1) is 5.02 Å². The molecular formula is C15H21BrCl2. The molecule has 0 amide bonds. The Morgan fingerprint density at radius 2 is 1.61 bits per heavy atom. The maximum atomic E-state index is 6.50. The summed E-state index contributed by atoms with van der Waals surface area (Å²) in [6.45, 7) is 8.82. The Morgan fingerprint density at radius 3 is 2.06 bits per heavy atom. The third kappa shape index (κ3) is 4.15. The monoisotopic (exact) mass is 350 g/mol. The van der Waals surface area contributed by atoms with E-state index in [1.807, 2.05) is 0 Å². The Bertz CT molecular complexity index is 411. The Labute approximate surface area is 129 Å². The van der Waals surface area contributed by atoms with Gasteiger partial charge in [-0.3, -0.25) is 0 Å². The standard InChI is InChI=1S/C15H21BrCl2/c1-9(2)5-11-7-12(8-17)13(6-10(3)4)15(18)14(11)16/h7,9-10H,5-6,8H2,1-4H3. The van der Waals surface area contributed by atoms with Crippen molar-refractivity contribution in [2.75, 3.05) is 0 Å². The summed E-state index contributed by atoms with van der Waals surface area (Å²) in [4.78, 5) is 0. The van der Waals surface area contributed by atoms with E-state index in [1.54, 1.807) is 0 Å². The first-order valence-corrected chi connectivity index (χ1v) is 8.11. The van der Waals surface area contributed by atoms with Crippen LogP contribution in [0.15, 0.2) is 10.5 Å². The number of rotatable bonds is 5. The molecule has 0 fully saturated rings. The number of benzene rings is 1. The number of alkyl halides is 1. The Hall–Kier alpha value is 0.280. The second-order valence-electron chi connectivity index (χ2n) is 5.63. The maximum absolute atomic E-state index is 6.50. The van der Waals surface area contributed by atoms with E-state index in [0.717, 1.165) is 22.3 Å². The quantitative estimate of drug-likeness (QED) is 0.551. The summed E-state index contributed by atoms with van der Waals surface area (Å²) < 4.78 is 1.04. The lowest BCUT2D eigenvalue weighted by Crippen LogP contribution is -2.04. The first-order chi connectivity index (χ1) is 8.36. The largest absolute Gasteiger partial charge is 0.122 e. The van der Waals surface area contributed by atoms with E-state index in [1.165, 1.54) is 16.7 Å². The Kier molecular flexibility index (Phi) is 6.50. The fourth-order valence-electron chi connectivity index (χ4n) is 2.11. The van der Waals surface area contributed by atoms with Crippen LogP contribution in [0.1, 0.15) is 44.4 Å². The smallest absolute Gasteiger partial charge is 0.0586 e. The molecule has 0 radical (unpaired) electrons. The van der Waals surface area contributed by atoms with Crippen LogP contribution in [0.2, 0.25) is 5.02 Å². The van der Waals surface area contributed by atoms with E-state index >= 15 is 0 Å². The maximum Gasteiger partial charge on any atom is 0.0586 e. The zero-order valence-electron chi connectivity index (χ0n) is 11.5. The second-order valence-corrected chi connectivity index (χ2v) is 7.07. The summed E-state index contributed by atoms with van der Waals surface area (Å²) >= 11 is 16.2. The molecule has 1 aromatic carbocycles. The van der Waals surface area contributed by atoms with Gasteiger partial charge >= 0.3 is 0 Å². The van der Waals surface area contributed by atoms with Gasteiger partial charge in [0.2, 0.25) is 0 Å². The molecule has 0 N–H and O–H groups in total. The molecule has 0 aliphatic rings. The highest BCUT2D eigenvalue weighted by Gasteiger charge is 2.16. The third-order valence-corrected chi connectivity index (χ3v) is 4.70. The molecule has 0 heterocycles. The number of hydrogen-bond acceptors (Lipinski definition) is 0. The van der Waals surface area contributed by atoms with Crippen molar-refractivity contribution in [3.05, 3.63) is 32.3 Å². The average Bonchev–Trinajstić information content (AvgIpc) is 2.27. The van der Waals surface area contributed by atoms with Gasteiger partial charge in [0.25, 0.3) is 0 Å². The highest BCUT2D eigenvalue weighted by Crippen LogP contribution is 2.35. The van der Waals surface area contributed by atoms with Crippen molar-refractivity contribution in [1.29, 1.82) is 0 Å². The van der Waals surface area contributed by atoms with Gasteiger partial charge in [-0.15, -0.1) is 11.6 Å². The van der Waals surface area contributed by atoms with E-state index in [4.69, 9.17) is 23.2 Å². The summed E-state index contributed by atoms with van der Waals surface area (Å²) in [5, 5.41) is 0.845. The van der Waals surface area contributed by atoms with Gasteiger partial charge in [-0.1, -0.05) is 45.4 Å². The van der Waals surface area contributed by atoms with Crippen LogP contribution >= 0.6 is 39.1 Å².